The van der Waals surface area contributed by atoms with E-state index < -0.39 is 11.6 Å². The highest BCUT2D eigenvalue weighted by molar-refractivity contribution is 5.45. The molecule has 2 rings (SSSR count). The number of ether oxygens (including phenoxy) is 1. The van der Waals surface area contributed by atoms with Crippen LogP contribution in [-0.4, -0.2) is 7.05 Å². The molecule has 0 radical (unpaired) electrons. The Kier molecular flexibility index (Phi) is 3.77. The molecule has 18 heavy (non-hydrogen) atoms. The molecule has 4 heteroatoms. The highest BCUT2D eigenvalue weighted by Gasteiger charge is 2.03. The van der Waals surface area contributed by atoms with Gasteiger partial charge in [0.2, 0.25) is 0 Å². The van der Waals surface area contributed by atoms with E-state index in [0.717, 1.165) is 17.8 Å². The minimum atomic E-state index is -0.860. The van der Waals surface area contributed by atoms with Crippen molar-refractivity contribution in [3.63, 3.8) is 0 Å². The van der Waals surface area contributed by atoms with Crippen molar-refractivity contribution in [1.82, 2.24) is 0 Å². The van der Waals surface area contributed by atoms with Gasteiger partial charge < -0.3 is 10.1 Å². The molecule has 0 atom stereocenters. The van der Waals surface area contributed by atoms with Crippen LogP contribution in [0.5, 0.6) is 5.75 Å². The SMILES string of the molecule is CNc1ccc(OCc2ccc(F)c(F)c2)cc1. The third-order valence-corrected chi connectivity index (χ3v) is 2.53. The maximum atomic E-state index is 13.0. The molecule has 94 valence electrons. The summed E-state index contributed by atoms with van der Waals surface area (Å²) in [6.07, 6.45) is 0. The topological polar surface area (TPSA) is 21.3 Å². The van der Waals surface area contributed by atoms with Crippen molar-refractivity contribution >= 4 is 5.69 Å². The van der Waals surface area contributed by atoms with Gasteiger partial charge in [0, 0.05) is 12.7 Å². The van der Waals surface area contributed by atoms with Gasteiger partial charge in [-0.3, -0.25) is 0 Å². The monoisotopic (exact) mass is 249 g/mol. The molecule has 1 N–H and O–H groups in total. The van der Waals surface area contributed by atoms with Crippen LogP contribution in [0.4, 0.5) is 14.5 Å². The molecule has 0 heterocycles. The van der Waals surface area contributed by atoms with E-state index in [1.807, 2.05) is 31.3 Å². The van der Waals surface area contributed by atoms with Gasteiger partial charge in [0.05, 0.1) is 0 Å². The molecule has 0 aromatic heterocycles. The summed E-state index contributed by atoms with van der Waals surface area (Å²) >= 11 is 0. The summed E-state index contributed by atoms with van der Waals surface area (Å²) in [5.74, 6) is -1.03. The molecule has 0 saturated carbocycles. The zero-order chi connectivity index (χ0) is 13.0. The molecule has 0 bridgehead atoms. The molecule has 0 amide bonds. The fourth-order valence-corrected chi connectivity index (χ4v) is 1.51. The van der Waals surface area contributed by atoms with Crippen LogP contribution < -0.4 is 10.1 Å². The van der Waals surface area contributed by atoms with Crippen molar-refractivity contribution in [1.29, 1.82) is 0 Å². The fourth-order valence-electron chi connectivity index (χ4n) is 1.51. The van der Waals surface area contributed by atoms with Gasteiger partial charge in [-0.05, 0) is 42.0 Å². The average Bonchev–Trinajstić information content (AvgIpc) is 2.41. The first-order valence-corrected chi connectivity index (χ1v) is 5.53. The lowest BCUT2D eigenvalue weighted by Gasteiger charge is -2.07. The van der Waals surface area contributed by atoms with Gasteiger partial charge in [0.15, 0.2) is 11.6 Å². The smallest absolute Gasteiger partial charge is 0.159 e. The van der Waals surface area contributed by atoms with Gasteiger partial charge in [-0.2, -0.15) is 0 Å². The van der Waals surface area contributed by atoms with Gasteiger partial charge in [0.1, 0.15) is 12.4 Å². The number of hydrogen-bond acceptors (Lipinski definition) is 2. The number of halogens is 2. The second-order valence-corrected chi connectivity index (χ2v) is 3.81. The normalized spacial score (nSPS) is 10.2. The van der Waals surface area contributed by atoms with Gasteiger partial charge in [-0.25, -0.2) is 8.78 Å². The van der Waals surface area contributed by atoms with E-state index in [4.69, 9.17) is 4.74 Å². The van der Waals surface area contributed by atoms with Gasteiger partial charge in [-0.1, -0.05) is 6.07 Å². The van der Waals surface area contributed by atoms with Crippen molar-refractivity contribution in [2.45, 2.75) is 6.61 Å². The maximum absolute atomic E-state index is 13.0. The Labute approximate surface area is 104 Å². The van der Waals surface area contributed by atoms with Crippen molar-refractivity contribution in [2.24, 2.45) is 0 Å². The minimum absolute atomic E-state index is 0.204. The molecule has 0 aliphatic rings. The lowest BCUT2D eigenvalue weighted by Crippen LogP contribution is -1.97. The van der Waals surface area contributed by atoms with Crippen LogP contribution in [0.2, 0.25) is 0 Å². The fraction of sp³-hybridized carbons (Fsp3) is 0.143. The van der Waals surface area contributed by atoms with Crippen LogP contribution in [0.25, 0.3) is 0 Å². The van der Waals surface area contributed by atoms with Gasteiger partial charge in [-0.15, -0.1) is 0 Å². The average molecular weight is 249 g/mol. The molecular weight excluding hydrogens is 236 g/mol. The molecule has 2 aromatic carbocycles. The van der Waals surface area contributed by atoms with Crippen LogP contribution in [-0.2, 0) is 6.61 Å². The lowest BCUT2D eigenvalue weighted by atomic mass is 10.2. The zero-order valence-electron chi connectivity index (χ0n) is 9.91. The van der Waals surface area contributed by atoms with E-state index in [0.29, 0.717) is 11.3 Å². The molecular formula is C14H13F2NO. The van der Waals surface area contributed by atoms with E-state index in [-0.39, 0.29) is 6.61 Å². The maximum Gasteiger partial charge on any atom is 0.159 e. The van der Waals surface area contributed by atoms with Crippen LogP contribution in [0.15, 0.2) is 42.5 Å². The van der Waals surface area contributed by atoms with Crippen molar-refractivity contribution < 1.29 is 13.5 Å². The number of anilines is 1. The third kappa shape index (κ3) is 2.97. The van der Waals surface area contributed by atoms with E-state index in [2.05, 4.69) is 5.32 Å². The first kappa shape index (κ1) is 12.4. The Hall–Kier alpha value is -2.10. The van der Waals surface area contributed by atoms with Crippen LogP contribution in [0.1, 0.15) is 5.56 Å². The summed E-state index contributed by atoms with van der Waals surface area (Å²) < 4.78 is 31.2. The number of rotatable bonds is 4. The quantitative estimate of drug-likeness (QED) is 0.894. The summed E-state index contributed by atoms with van der Waals surface area (Å²) in [6, 6.07) is 11.1. The van der Waals surface area contributed by atoms with Gasteiger partial charge in [0.25, 0.3) is 0 Å². The highest BCUT2D eigenvalue weighted by Crippen LogP contribution is 2.17. The van der Waals surface area contributed by atoms with E-state index in [9.17, 15) is 8.78 Å². The molecule has 2 nitrogen and oxygen atoms in total. The Morgan fingerprint density at radius 3 is 2.33 bits per heavy atom. The van der Waals surface area contributed by atoms with Gasteiger partial charge >= 0.3 is 0 Å². The Morgan fingerprint density at radius 1 is 1.00 bits per heavy atom. The first-order valence-electron chi connectivity index (χ1n) is 5.53. The molecule has 0 fully saturated rings. The predicted molar refractivity (Wildman–Crippen MR) is 66.7 cm³/mol. The molecule has 0 spiro atoms. The van der Waals surface area contributed by atoms with E-state index in [1.54, 1.807) is 0 Å². The third-order valence-electron chi connectivity index (χ3n) is 2.53. The number of benzene rings is 2. The Balaban J connectivity index is 1.99. The van der Waals surface area contributed by atoms with Crippen molar-refractivity contribution in [3.05, 3.63) is 59.7 Å². The zero-order valence-corrected chi connectivity index (χ0v) is 9.91. The largest absolute Gasteiger partial charge is 0.489 e. The Morgan fingerprint density at radius 2 is 1.72 bits per heavy atom. The van der Waals surface area contributed by atoms with Crippen LogP contribution >= 0.6 is 0 Å². The second kappa shape index (κ2) is 5.49. The second-order valence-electron chi connectivity index (χ2n) is 3.81. The summed E-state index contributed by atoms with van der Waals surface area (Å²) in [5.41, 5.74) is 1.57. The summed E-state index contributed by atoms with van der Waals surface area (Å²) in [7, 11) is 1.83. The minimum Gasteiger partial charge on any atom is -0.489 e. The molecule has 0 aliphatic carbocycles. The van der Waals surface area contributed by atoms with Crippen LogP contribution in [0.3, 0.4) is 0 Å². The van der Waals surface area contributed by atoms with Crippen LogP contribution in [0, 0.1) is 11.6 Å². The van der Waals surface area contributed by atoms with E-state index >= 15 is 0 Å². The summed E-state index contributed by atoms with van der Waals surface area (Å²) in [4.78, 5) is 0. The van der Waals surface area contributed by atoms with Crippen molar-refractivity contribution in [2.75, 3.05) is 12.4 Å². The first-order chi connectivity index (χ1) is 8.69. The number of hydrogen-bond donors (Lipinski definition) is 1. The van der Waals surface area contributed by atoms with Crippen molar-refractivity contribution in [3.8, 4) is 5.75 Å². The van der Waals surface area contributed by atoms with E-state index in [1.165, 1.54) is 6.07 Å². The molecule has 0 unspecified atom stereocenters. The molecule has 0 saturated heterocycles. The standard InChI is InChI=1S/C14H13F2NO/c1-17-11-3-5-12(6-4-11)18-9-10-2-7-13(15)14(16)8-10/h2-8,17H,9H2,1H3. The Bertz CT molecular complexity index is 526. The molecule has 2 aromatic rings. The lowest BCUT2D eigenvalue weighted by molar-refractivity contribution is 0.305. The highest BCUT2D eigenvalue weighted by atomic mass is 19.2. The number of nitrogens with one attached hydrogen (secondary N) is 1. The summed E-state index contributed by atoms with van der Waals surface area (Å²) in [6.45, 7) is 0.204. The molecule has 0 aliphatic heterocycles. The summed E-state index contributed by atoms with van der Waals surface area (Å²) in [5, 5.41) is 2.99. The predicted octanol–water partition coefficient (Wildman–Crippen LogP) is 3.59.